The molecule has 11 nitrogen and oxygen atoms in total. The Bertz CT molecular complexity index is 1510. The van der Waals surface area contributed by atoms with Gasteiger partial charge in [0.2, 0.25) is 0 Å². The summed E-state index contributed by atoms with van der Waals surface area (Å²) in [5.74, 6) is -2.56. The number of ketones is 1. The second-order valence-corrected chi connectivity index (χ2v) is 9.31. The molecular formula is C26H23N3O8S. The zero-order valence-electron chi connectivity index (χ0n) is 20.9. The highest BCUT2D eigenvalue weighted by atomic mass is 32.1. The van der Waals surface area contributed by atoms with E-state index in [9.17, 15) is 29.6 Å². The Balaban J connectivity index is 1.96. The molecule has 4 rings (SSSR count). The van der Waals surface area contributed by atoms with Crippen LogP contribution in [-0.2, 0) is 14.3 Å². The summed E-state index contributed by atoms with van der Waals surface area (Å²) in [6.07, 6.45) is 0. The molecule has 1 fully saturated rings. The quantitative estimate of drug-likeness (QED) is 0.115. The number of Topliss-reactive ketones (excluding diaryl/α,β-unsaturated/α-hetero) is 1. The Labute approximate surface area is 221 Å². The van der Waals surface area contributed by atoms with Crippen molar-refractivity contribution in [1.29, 1.82) is 0 Å². The van der Waals surface area contributed by atoms with Gasteiger partial charge in [-0.15, -0.1) is 0 Å². The van der Waals surface area contributed by atoms with Gasteiger partial charge in [0.25, 0.3) is 11.5 Å². The molecule has 12 heteroatoms. The number of anilines is 1. The van der Waals surface area contributed by atoms with Crippen LogP contribution in [0.1, 0.15) is 45.0 Å². The predicted octanol–water partition coefficient (Wildman–Crippen LogP) is 4.48. The molecule has 2 aromatic carbocycles. The van der Waals surface area contributed by atoms with Crippen molar-refractivity contribution >= 4 is 45.6 Å². The lowest BCUT2D eigenvalue weighted by atomic mass is 9.93. The average molecular weight is 538 g/mol. The minimum Gasteiger partial charge on any atom is -0.507 e. The molecule has 0 bridgehead atoms. The average Bonchev–Trinajstić information content (AvgIpc) is 3.40. The molecule has 38 heavy (non-hydrogen) atoms. The van der Waals surface area contributed by atoms with Crippen LogP contribution in [0.25, 0.3) is 5.76 Å². The Morgan fingerprint density at radius 3 is 2.58 bits per heavy atom. The number of aliphatic hydroxyl groups excluding tert-OH is 1. The molecule has 1 atom stereocenters. The van der Waals surface area contributed by atoms with Crippen LogP contribution in [0, 0.1) is 24.0 Å². The number of ether oxygens (including phenoxy) is 2. The monoisotopic (exact) mass is 537 g/mol. The van der Waals surface area contributed by atoms with Gasteiger partial charge in [-0.1, -0.05) is 23.5 Å². The highest BCUT2D eigenvalue weighted by Gasteiger charge is 2.49. The van der Waals surface area contributed by atoms with Gasteiger partial charge in [-0.2, -0.15) is 0 Å². The predicted molar refractivity (Wildman–Crippen MR) is 138 cm³/mol. The van der Waals surface area contributed by atoms with E-state index in [1.165, 1.54) is 31.4 Å². The number of non-ortho nitro benzene ring substituents is 1. The van der Waals surface area contributed by atoms with Crippen LogP contribution in [0.3, 0.4) is 0 Å². The number of hydrogen-bond acceptors (Lipinski definition) is 10. The first kappa shape index (κ1) is 26.5. The number of hydrogen-bond donors (Lipinski definition) is 1. The summed E-state index contributed by atoms with van der Waals surface area (Å²) in [7, 11) is 1.49. The van der Waals surface area contributed by atoms with Gasteiger partial charge >= 0.3 is 11.9 Å². The number of thiazole rings is 1. The fraction of sp³-hybridized carbons (Fsp3) is 0.231. The summed E-state index contributed by atoms with van der Waals surface area (Å²) in [4.78, 5) is 55.6. The third-order valence-electron chi connectivity index (χ3n) is 5.98. The number of amides is 1. The summed E-state index contributed by atoms with van der Waals surface area (Å²) in [5.41, 5.74) is 0.804. The van der Waals surface area contributed by atoms with Crippen LogP contribution in [0.5, 0.6) is 5.75 Å². The Hall–Kier alpha value is -4.58. The fourth-order valence-electron chi connectivity index (χ4n) is 4.20. The van der Waals surface area contributed by atoms with E-state index in [-0.39, 0.29) is 44.7 Å². The number of carbonyl (C=O) groups excluding carboxylic acids is 3. The highest BCUT2D eigenvalue weighted by Crippen LogP contribution is 2.44. The van der Waals surface area contributed by atoms with Crippen molar-refractivity contribution in [2.24, 2.45) is 0 Å². The van der Waals surface area contributed by atoms with Gasteiger partial charge in [-0.25, -0.2) is 9.78 Å². The molecule has 1 saturated heterocycles. The van der Waals surface area contributed by atoms with Crippen molar-refractivity contribution in [2.45, 2.75) is 26.8 Å². The van der Waals surface area contributed by atoms with E-state index < -0.39 is 34.4 Å². The van der Waals surface area contributed by atoms with Gasteiger partial charge in [0.05, 0.1) is 35.9 Å². The molecule has 1 N–H and O–H groups in total. The van der Waals surface area contributed by atoms with Crippen molar-refractivity contribution in [3.05, 3.63) is 85.4 Å². The zero-order valence-corrected chi connectivity index (χ0v) is 21.7. The number of benzene rings is 2. The van der Waals surface area contributed by atoms with E-state index in [1.54, 1.807) is 39.0 Å². The van der Waals surface area contributed by atoms with Crippen LogP contribution in [0.15, 0.2) is 48.0 Å². The first-order valence-corrected chi connectivity index (χ1v) is 12.3. The van der Waals surface area contributed by atoms with E-state index in [0.717, 1.165) is 16.2 Å². The van der Waals surface area contributed by atoms with Gasteiger partial charge in [0.1, 0.15) is 16.4 Å². The van der Waals surface area contributed by atoms with Crippen molar-refractivity contribution in [2.75, 3.05) is 18.6 Å². The topological polar surface area (TPSA) is 149 Å². The van der Waals surface area contributed by atoms with Gasteiger partial charge in [-0.3, -0.25) is 24.6 Å². The van der Waals surface area contributed by atoms with Gasteiger partial charge in [-0.05, 0) is 50.1 Å². The van der Waals surface area contributed by atoms with Crippen molar-refractivity contribution in [3.63, 3.8) is 0 Å². The number of aryl methyl sites for hydroxylation is 2. The van der Waals surface area contributed by atoms with Crippen LogP contribution in [0.4, 0.5) is 10.8 Å². The van der Waals surface area contributed by atoms with Crippen LogP contribution in [0.2, 0.25) is 0 Å². The van der Waals surface area contributed by atoms with Crippen molar-refractivity contribution in [3.8, 4) is 5.75 Å². The molecule has 1 aliphatic heterocycles. The molecule has 1 unspecified atom stereocenters. The number of aliphatic hydroxyl groups is 1. The number of esters is 1. The van der Waals surface area contributed by atoms with Gasteiger partial charge < -0.3 is 14.6 Å². The van der Waals surface area contributed by atoms with Gasteiger partial charge in [0.15, 0.2) is 5.13 Å². The van der Waals surface area contributed by atoms with Crippen molar-refractivity contribution in [1.82, 2.24) is 4.98 Å². The third-order valence-corrected chi connectivity index (χ3v) is 7.12. The Morgan fingerprint density at radius 1 is 1.21 bits per heavy atom. The molecule has 3 aromatic rings. The molecule has 0 saturated carbocycles. The first-order chi connectivity index (χ1) is 18.1. The normalized spacial score (nSPS) is 16.5. The van der Waals surface area contributed by atoms with Crippen LogP contribution >= 0.6 is 11.3 Å². The maximum atomic E-state index is 13.4. The summed E-state index contributed by atoms with van der Waals surface area (Å²) < 4.78 is 10.3. The summed E-state index contributed by atoms with van der Waals surface area (Å²) >= 11 is 0.850. The largest absolute Gasteiger partial charge is 0.507 e. The van der Waals surface area contributed by atoms with Gasteiger partial charge in [0, 0.05) is 17.7 Å². The molecule has 0 radical (unpaired) electrons. The first-order valence-electron chi connectivity index (χ1n) is 11.4. The smallest absolute Gasteiger partial charge is 0.350 e. The number of methoxy groups -OCH3 is 1. The second-order valence-electron chi connectivity index (χ2n) is 8.33. The van der Waals surface area contributed by atoms with Crippen molar-refractivity contribution < 1.29 is 33.9 Å². The highest BCUT2D eigenvalue weighted by molar-refractivity contribution is 7.17. The van der Waals surface area contributed by atoms with E-state index in [1.807, 2.05) is 0 Å². The maximum Gasteiger partial charge on any atom is 0.350 e. The molecule has 1 amide bonds. The molecular weight excluding hydrogens is 514 g/mol. The molecule has 0 aliphatic carbocycles. The number of carbonyl (C=O) groups is 3. The Morgan fingerprint density at radius 2 is 1.95 bits per heavy atom. The van der Waals surface area contributed by atoms with Crippen LogP contribution in [-0.4, -0.2) is 46.4 Å². The van der Waals surface area contributed by atoms with Crippen LogP contribution < -0.4 is 9.64 Å². The zero-order chi connectivity index (χ0) is 27.7. The maximum absolute atomic E-state index is 13.4. The Kier molecular flexibility index (Phi) is 7.26. The number of rotatable bonds is 7. The lowest BCUT2D eigenvalue weighted by molar-refractivity contribution is -0.384. The van der Waals surface area contributed by atoms with E-state index >= 15 is 0 Å². The summed E-state index contributed by atoms with van der Waals surface area (Å²) in [5, 5.41) is 22.9. The molecule has 1 aromatic heterocycles. The standard InChI is InChI=1S/C26H23N3O8S/c1-5-37-25(33)23-14(3)27-26(38-23)28-20(15-7-6-8-16(12-15)29(34)35)19(22(31)24(28)32)21(30)18-10-9-17(36-4)11-13(18)2/h6-12,20,30H,5H2,1-4H3/b21-19+. The minimum atomic E-state index is -1.25. The number of aromatic nitrogens is 1. The lowest BCUT2D eigenvalue weighted by Gasteiger charge is -2.23. The molecule has 1 aliphatic rings. The fourth-order valence-corrected chi connectivity index (χ4v) is 5.19. The third kappa shape index (κ3) is 4.61. The number of nitro groups is 1. The molecule has 2 heterocycles. The lowest BCUT2D eigenvalue weighted by Crippen LogP contribution is -2.29. The van der Waals surface area contributed by atoms with E-state index in [0.29, 0.717) is 11.3 Å². The molecule has 0 spiro atoms. The SMILES string of the molecule is CCOC(=O)c1sc(N2C(=O)C(=O)/C(=C(/O)c3ccc(OC)cc3C)C2c2cccc([N+](=O)[O-])c2)nc1C. The van der Waals surface area contributed by atoms with E-state index in [2.05, 4.69) is 4.98 Å². The minimum absolute atomic E-state index is 0.00895. The summed E-state index contributed by atoms with van der Waals surface area (Å²) in [6.45, 7) is 5.04. The second kappa shape index (κ2) is 10.4. The van der Waals surface area contributed by atoms with E-state index in [4.69, 9.17) is 9.47 Å². The number of nitro benzene ring substituents is 1. The molecule has 196 valence electrons. The summed E-state index contributed by atoms with van der Waals surface area (Å²) in [6, 6.07) is 8.98. The number of nitrogens with zero attached hydrogens (tertiary/aromatic N) is 3.